The molecule has 2 aromatic heterocycles. The Morgan fingerprint density at radius 1 is 1.38 bits per heavy atom. The van der Waals surface area contributed by atoms with Crippen molar-refractivity contribution >= 4 is 34.1 Å². The van der Waals surface area contributed by atoms with Crippen molar-refractivity contribution in [3.63, 3.8) is 0 Å². The van der Waals surface area contributed by atoms with Gasteiger partial charge in [-0.3, -0.25) is 14.4 Å². The van der Waals surface area contributed by atoms with Crippen molar-refractivity contribution < 1.29 is 23.9 Å². The maximum atomic E-state index is 12.6. The van der Waals surface area contributed by atoms with Crippen molar-refractivity contribution in [1.29, 1.82) is 0 Å². The van der Waals surface area contributed by atoms with Gasteiger partial charge < -0.3 is 19.7 Å². The molecule has 2 heterocycles. The smallest absolute Gasteiger partial charge is 0.323 e. The van der Waals surface area contributed by atoms with Gasteiger partial charge in [-0.05, 0) is 44.5 Å². The maximum absolute atomic E-state index is 12.6. The molecule has 0 aromatic carbocycles. The van der Waals surface area contributed by atoms with Crippen LogP contribution in [0.2, 0.25) is 0 Å². The minimum absolute atomic E-state index is 0.170. The molecule has 24 heavy (non-hydrogen) atoms. The zero-order chi connectivity index (χ0) is 17.9. The van der Waals surface area contributed by atoms with Crippen LogP contribution in [0.3, 0.4) is 0 Å². The molecule has 2 aromatic rings. The Morgan fingerprint density at radius 2 is 2.08 bits per heavy atom. The number of carboxylic acids is 1. The van der Waals surface area contributed by atoms with E-state index < -0.39 is 11.9 Å². The fourth-order valence-electron chi connectivity index (χ4n) is 2.10. The van der Waals surface area contributed by atoms with Crippen LogP contribution in [0.5, 0.6) is 0 Å². The molecule has 0 radical (unpaired) electrons. The number of furan rings is 1. The second-order valence-corrected chi connectivity index (χ2v) is 6.53. The average Bonchev–Trinajstić information content (AvgIpc) is 3.13. The Bertz CT molecular complexity index is 749. The quantitative estimate of drug-likeness (QED) is 0.834. The molecule has 0 spiro atoms. The highest BCUT2D eigenvalue weighted by atomic mass is 32.1. The molecule has 128 valence electrons. The van der Waals surface area contributed by atoms with E-state index in [1.165, 1.54) is 17.2 Å². The first-order chi connectivity index (χ1) is 11.3. The van der Waals surface area contributed by atoms with Crippen molar-refractivity contribution in [2.24, 2.45) is 0 Å². The number of carbonyl (C=O) groups is 3. The lowest BCUT2D eigenvalue weighted by Crippen LogP contribution is -2.40. The lowest BCUT2D eigenvalue weighted by atomic mass is 10.2. The van der Waals surface area contributed by atoms with Gasteiger partial charge in [0.1, 0.15) is 6.54 Å². The van der Waals surface area contributed by atoms with E-state index in [2.05, 4.69) is 5.32 Å². The van der Waals surface area contributed by atoms with Crippen molar-refractivity contribution in [2.75, 3.05) is 11.9 Å². The summed E-state index contributed by atoms with van der Waals surface area (Å²) in [7, 11) is 0. The van der Waals surface area contributed by atoms with Crippen LogP contribution in [0.15, 0.2) is 28.9 Å². The average molecular weight is 350 g/mol. The van der Waals surface area contributed by atoms with Crippen LogP contribution in [0.4, 0.5) is 5.00 Å². The molecular formula is C16H18N2O5S. The summed E-state index contributed by atoms with van der Waals surface area (Å²) in [5.41, 5.74) is 0.677. The molecule has 2 N–H and O–H groups in total. The van der Waals surface area contributed by atoms with Crippen molar-refractivity contribution in [2.45, 2.75) is 26.8 Å². The number of carbonyl (C=O) groups excluding carboxylic acids is 2. The van der Waals surface area contributed by atoms with Gasteiger partial charge in [-0.1, -0.05) is 0 Å². The fraction of sp³-hybridized carbons (Fsp3) is 0.312. The van der Waals surface area contributed by atoms with Gasteiger partial charge in [0, 0.05) is 6.04 Å². The fourth-order valence-corrected chi connectivity index (χ4v) is 3.13. The van der Waals surface area contributed by atoms with Gasteiger partial charge in [-0.2, -0.15) is 0 Å². The molecule has 0 aliphatic carbocycles. The summed E-state index contributed by atoms with van der Waals surface area (Å²) >= 11 is 1.11. The third-order valence-electron chi connectivity index (χ3n) is 3.28. The standard InChI is InChI=1S/C16H18N2O5S/c1-9(2)18(8-13(19)20)16(22)14-10(3)7-12(24-14)17-15(21)11-5-4-6-23-11/h4-7,9H,8H2,1-3H3,(H,17,21)(H,19,20). The molecule has 0 bridgehead atoms. The number of aliphatic carboxylic acids is 1. The van der Waals surface area contributed by atoms with Crippen LogP contribution in [-0.4, -0.2) is 40.4 Å². The van der Waals surface area contributed by atoms with Gasteiger partial charge in [0.05, 0.1) is 16.1 Å². The second kappa shape index (κ2) is 7.31. The number of carboxylic acid groups (broad SMARTS) is 1. The van der Waals surface area contributed by atoms with Crippen LogP contribution in [0.25, 0.3) is 0 Å². The van der Waals surface area contributed by atoms with E-state index in [1.54, 1.807) is 32.9 Å². The lowest BCUT2D eigenvalue weighted by molar-refractivity contribution is -0.138. The number of hydrogen-bond donors (Lipinski definition) is 2. The molecule has 0 aliphatic rings. The number of thiophene rings is 1. The molecule has 0 unspecified atom stereocenters. The highest BCUT2D eigenvalue weighted by Crippen LogP contribution is 2.28. The summed E-state index contributed by atoms with van der Waals surface area (Å²) in [5.74, 6) is -1.68. The van der Waals surface area contributed by atoms with E-state index >= 15 is 0 Å². The minimum atomic E-state index is -1.07. The minimum Gasteiger partial charge on any atom is -0.480 e. The number of aryl methyl sites for hydroxylation is 1. The first-order valence-electron chi connectivity index (χ1n) is 7.27. The normalized spacial score (nSPS) is 10.7. The van der Waals surface area contributed by atoms with E-state index in [-0.39, 0.29) is 24.3 Å². The summed E-state index contributed by atoms with van der Waals surface area (Å²) in [6.45, 7) is 4.88. The molecule has 8 heteroatoms. The zero-order valence-corrected chi connectivity index (χ0v) is 14.3. The van der Waals surface area contributed by atoms with Crippen molar-refractivity contribution in [3.05, 3.63) is 40.7 Å². The maximum Gasteiger partial charge on any atom is 0.323 e. The molecule has 2 amide bonds. The zero-order valence-electron chi connectivity index (χ0n) is 13.5. The second-order valence-electron chi connectivity index (χ2n) is 5.47. The first-order valence-corrected chi connectivity index (χ1v) is 8.09. The predicted octanol–water partition coefficient (Wildman–Crippen LogP) is 2.84. The Kier molecular flexibility index (Phi) is 5.40. The van der Waals surface area contributed by atoms with Gasteiger partial charge in [-0.25, -0.2) is 0 Å². The van der Waals surface area contributed by atoms with Crippen LogP contribution >= 0.6 is 11.3 Å². The van der Waals surface area contributed by atoms with Crippen LogP contribution < -0.4 is 5.32 Å². The van der Waals surface area contributed by atoms with Crippen LogP contribution in [0.1, 0.15) is 39.6 Å². The third-order valence-corrected chi connectivity index (χ3v) is 4.42. The molecule has 0 atom stereocenters. The predicted molar refractivity (Wildman–Crippen MR) is 89.5 cm³/mol. The number of hydrogen-bond acceptors (Lipinski definition) is 5. The summed E-state index contributed by atoms with van der Waals surface area (Å²) in [6, 6.07) is 4.57. The monoisotopic (exact) mass is 350 g/mol. The molecule has 0 saturated heterocycles. The Hall–Kier alpha value is -2.61. The topological polar surface area (TPSA) is 99.9 Å². The first kappa shape index (κ1) is 17.7. The number of nitrogens with one attached hydrogen (secondary N) is 1. The Labute approximate surface area is 142 Å². The van der Waals surface area contributed by atoms with Crippen LogP contribution in [-0.2, 0) is 4.79 Å². The lowest BCUT2D eigenvalue weighted by Gasteiger charge is -2.24. The highest BCUT2D eigenvalue weighted by Gasteiger charge is 2.25. The number of nitrogens with zero attached hydrogens (tertiary/aromatic N) is 1. The van der Waals surface area contributed by atoms with Gasteiger partial charge in [0.25, 0.3) is 11.8 Å². The molecular weight excluding hydrogens is 332 g/mol. The summed E-state index contributed by atoms with van der Waals surface area (Å²) in [5, 5.41) is 12.1. The van der Waals surface area contributed by atoms with E-state index in [4.69, 9.17) is 9.52 Å². The van der Waals surface area contributed by atoms with Crippen molar-refractivity contribution in [3.8, 4) is 0 Å². The van der Waals surface area contributed by atoms with E-state index in [9.17, 15) is 14.4 Å². The largest absolute Gasteiger partial charge is 0.480 e. The summed E-state index contributed by atoms with van der Waals surface area (Å²) in [4.78, 5) is 37.2. The van der Waals surface area contributed by atoms with Crippen LogP contribution in [0, 0.1) is 6.92 Å². The third kappa shape index (κ3) is 4.02. The van der Waals surface area contributed by atoms with E-state index in [1.807, 2.05) is 0 Å². The highest BCUT2D eigenvalue weighted by molar-refractivity contribution is 7.18. The molecule has 2 rings (SSSR count). The Morgan fingerprint density at radius 3 is 2.62 bits per heavy atom. The van der Waals surface area contributed by atoms with E-state index in [0.29, 0.717) is 15.4 Å². The molecule has 0 saturated carbocycles. The summed E-state index contributed by atoms with van der Waals surface area (Å²) < 4.78 is 5.02. The number of rotatable bonds is 6. The number of amides is 2. The SMILES string of the molecule is Cc1cc(NC(=O)c2ccco2)sc1C(=O)N(CC(=O)O)C(C)C. The summed E-state index contributed by atoms with van der Waals surface area (Å²) in [6.07, 6.45) is 1.40. The van der Waals surface area contributed by atoms with Gasteiger partial charge in [0.15, 0.2) is 5.76 Å². The van der Waals surface area contributed by atoms with Gasteiger partial charge >= 0.3 is 5.97 Å². The molecule has 0 fully saturated rings. The van der Waals surface area contributed by atoms with Gasteiger partial charge in [0.2, 0.25) is 0 Å². The van der Waals surface area contributed by atoms with Crippen molar-refractivity contribution in [1.82, 2.24) is 4.90 Å². The van der Waals surface area contributed by atoms with E-state index in [0.717, 1.165) is 11.3 Å². The molecule has 0 aliphatic heterocycles. The molecule has 7 nitrogen and oxygen atoms in total. The Balaban J connectivity index is 2.19. The van der Waals surface area contributed by atoms with Gasteiger partial charge in [-0.15, -0.1) is 11.3 Å². The number of anilines is 1.